The monoisotopic (exact) mass is 622 g/mol. The minimum atomic E-state index is -2.43. The zero-order valence-corrected chi connectivity index (χ0v) is 26.7. The summed E-state index contributed by atoms with van der Waals surface area (Å²) in [5.74, 6) is -10.2. The molecule has 4 aliphatic heterocycles. The quantitative estimate of drug-likeness (QED) is 0.166. The van der Waals surface area contributed by atoms with Crippen molar-refractivity contribution in [1.29, 1.82) is 0 Å². The zero-order valence-electron chi connectivity index (χ0n) is 26.7. The third-order valence-corrected chi connectivity index (χ3v) is 12.4. The summed E-state index contributed by atoms with van der Waals surface area (Å²) in [5.41, 5.74) is -6.88. The molecule has 12 nitrogen and oxygen atoms in total. The molecule has 0 aliphatic carbocycles. The molecule has 44 heavy (non-hydrogen) atoms. The molecule has 10 unspecified atom stereocenters. The van der Waals surface area contributed by atoms with E-state index < -0.39 is 82.1 Å². The molecule has 0 amide bonds. The minimum absolute atomic E-state index is 0.244. The Morgan fingerprint density at radius 1 is 0.545 bits per heavy atom. The molecule has 0 spiro atoms. The van der Waals surface area contributed by atoms with Crippen molar-refractivity contribution in [3.63, 3.8) is 0 Å². The predicted molar refractivity (Wildman–Crippen MR) is 163 cm³/mol. The van der Waals surface area contributed by atoms with Gasteiger partial charge in [0.05, 0.1) is 17.3 Å². The molecule has 10 atom stereocenters. The summed E-state index contributed by atoms with van der Waals surface area (Å²) in [7, 11) is 0. The van der Waals surface area contributed by atoms with Crippen LogP contribution in [-0.2, 0) is 19.2 Å². The summed E-state index contributed by atoms with van der Waals surface area (Å²) in [5, 5.41) is 59.5. The summed E-state index contributed by atoms with van der Waals surface area (Å²) in [6, 6.07) is 0. The number of carbonyl (C=O) groups is 4. The Balaban J connectivity index is 2.29. The Hall–Kier alpha value is -2.28. The summed E-state index contributed by atoms with van der Waals surface area (Å²) in [4.78, 5) is 56.8. The summed E-state index contributed by atoms with van der Waals surface area (Å²) >= 11 is 0. The highest BCUT2D eigenvalue weighted by atomic mass is 16.4. The molecule has 0 bridgehead atoms. The summed E-state index contributed by atoms with van der Waals surface area (Å²) in [6.07, 6.45) is 0.268. The van der Waals surface area contributed by atoms with Crippen LogP contribution in [0.1, 0.15) is 59.8 Å². The van der Waals surface area contributed by atoms with Crippen LogP contribution >= 0.6 is 0 Å². The second-order valence-electron chi connectivity index (χ2n) is 14.4. The Morgan fingerprint density at radius 3 is 1.20 bits per heavy atom. The number of rotatable bonds is 11. The molecule has 4 aliphatic rings. The van der Waals surface area contributed by atoms with Gasteiger partial charge in [-0.1, -0.05) is 27.7 Å². The van der Waals surface area contributed by atoms with E-state index in [9.17, 15) is 39.6 Å². The molecule has 4 fully saturated rings. The van der Waals surface area contributed by atoms with Crippen molar-refractivity contribution in [2.24, 2.45) is 63.6 Å². The van der Waals surface area contributed by atoms with Gasteiger partial charge in [0.2, 0.25) is 0 Å². The number of aliphatic carboxylic acids is 4. The van der Waals surface area contributed by atoms with Crippen molar-refractivity contribution in [2.75, 3.05) is 52.4 Å². The highest BCUT2D eigenvalue weighted by molar-refractivity contribution is 5.96. The lowest BCUT2D eigenvalue weighted by molar-refractivity contribution is -0.256. The maximum atomic E-state index is 14.8. The van der Waals surface area contributed by atoms with Crippen LogP contribution in [0.25, 0.3) is 0 Å². The number of hydrogen-bond acceptors (Lipinski definition) is 8. The van der Waals surface area contributed by atoms with Crippen LogP contribution in [0.4, 0.5) is 0 Å². The van der Waals surface area contributed by atoms with E-state index in [1.807, 2.05) is 27.7 Å². The lowest BCUT2D eigenvalue weighted by Gasteiger charge is -2.67. The fourth-order valence-corrected chi connectivity index (χ4v) is 10.9. The lowest BCUT2D eigenvalue weighted by Crippen LogP contribution is -2.77. The molecule has 8 N–H and O–H groups in total. The topological polar surface area (TPSA) is 197 Å². The standard InChI is InChI=1S/C32H54N4O8/c1-18-14-33-9-5-22(18)30(27(39)40,13-26(37)38)32(29(43)44,25-8-12-36-17-21(25)4)31(28(41)42,23-6-10-34-15-19(23)2)24-7-11-35-16-20(24)3/h18-25,33-36H,5-17H2,1-4H3,(H,37,38)(H,39,40)(H,41,42)(H,43,44). The van der Waals surface area contributed by atoms with Crippen LogP contribution < -0.4 is 21.3 Å². The number of piperidine rings is 4. The highest BCUT2D eigenvalue weighted by Gasteiger charge is 2.82. The van der Waals surface area contributed by atoms with Crippen molar-refractivity contribution in [3.8, 4) is 0 Å². The Labute approximate surface area is 260 Å². The predicted octanol–water partition coefficient (Wildman–Crippen LogP) is 1.66. The van der Waals surface area contributed by atoms with Gasteiger partial charge < -0.3 is 41.7 Å². The molecular weight excluding hydrogens is 568 g/mol. The van der Waals surface area contributed by atoms with E-state index >= 15 is 0 Å². The molecule has 4 rings (SSSR count). The lowest BCUT2D eigenvalue weighted by atomic mass is 9.33. The van der Waals surface area contributed by atoms with Gasteiger partial charge in [-0.2, -0.15) is 0 Å². The molecule has 4 heterocycles. The Morgan fingerprint density at radius 2 is 0.909 bits per heavy atom. The third kappa shape index (κ3) is 5.23. The van der Waals surface area contributed by atoms with Crippen molar-refractivity contribution >= 4 is 23.9 Å². The van der Waals surface area contributed by atoms with Crippen LogP contribution in [-0.4, -0.2) is 96.7 Å². The van der Waals surface area contributed by atoms with Gasteiger partial charge in [-0.05, 0) is 125 Å². The maximum Gasteiger partial charge on any atom is 0.312 e. The van der Waals surface area contributed by atoms with Crippen LogP contribution in [0.2, 0.25) is 0 Å². The first-order valence-corrected chi connectivity index (χ1v) is 16.6. The molecular formula is C32H54N4O8. The Kier molecular flexibility index (Phi) is 10.7. The van der Waals surface area contributed by atoms with E-state index in [1.54, 1.807) is 0 Å². The van der Waals surface area contributed by atoms with Gasteiger partial charge in [0.25, 0.3) is 0 Å². The summed E-state index contributed by atoms with van der Waals surface area (Å²) in [6.45, 7) is 11.1. The number of nitrogens with one attached hydrogen (secondary N) is 4. The van der Waals surface area contributed by atoms with Gasteiger partial charge in [-0.15, -0.1) is 0 Å². The SMILES string of the molecule is CC1CNCCC1C(CC(=O)O)(C(=O)O)C(C(=O)O)(C1CCNCC1C)C(C(=O)O)(C1CCNCC1C)C1CCNCC1C. The van der Waals surface area contributed by atoms with Crippen molar-refractivity contribution in [1.82, 2.24) is 21.3 Å². The van der Waals surface area contributed by atoms with E-state index in [0.717, 1.165) is 0 Å². The Bertz CT molecular complexity index is 1070. The van der Waals surface area contributed by atoms with Gasteiger partial charge >= 0.3 is 23.9 Å². The van der Waals surface area contributed by atoms with Gasteiger partial charge in [-0.3, -0.25) is 19.2 Å². The fraction of sp³-hybridized carbons (Fsp3) is 0.875. The molecule has 0 radical (unpaired) electrons. The van der Waals surface area contributed by atoms with E-state index in [1.165, 1.54) is 0 Å². The second kappa shape index (κ2) is 13.6. The number of carboxylic acids is 4. The van der Waals surface area contributed by atoms with E-state index in [-0.39, 0.29) is 24.7 Å². The number of hydrogen-bond donors (Lipinski definition) is 8. The van der Waals surface area contributed by atoms with Crippen molar-refractivity contribution in [2.45, 2.75) is 59.8 Å². The maximum absolute atomic E-state index is 14.8. The van der Waals surface area contributed by atoms with Gasteiger partial charge in [-0.25, -0.2) is 0 Å². The first-order chi connectivity index (χ1) is 20.8. The second-order valence-corrected chi connectivity index (χ2v) is 14.4. The van der Waals surface area contributed by atoms with Crippen LogP contribution in [0.15, 0.2) is 0 Å². The largest absolute Gasteiger partial charge is 0.481 e. The van der Waals surface area contributed by atoms with Gasteiger partial charge in [0, 0.05) is 0 Å². The van der Waals surface area contributed by atoms with Gasteiger partial charge in [0.1, 0.15) is 5.41 Å². The smallest absolute Gasteiger partial charge is 0.312 e. The first-order valence-electron chi connectivity index (χ1n) is 16.6. The number of carboxylic acid groups (broad SMARTS) is 4. The molecule has 12 heteroatoms. The van der Waals surface area contributed by atoms with Crippen LogP contribution in [0, 0.1) is 63.6 Å². The van der Waals surface area contributed by atoms with Crippen molar-refractivity contribution < 1.29 is 39.6 Å². The molecule has 250 valence electrons. The van der Waals surface area contributed by atoms with E-state index in [0.29, 0.717) is 65.2 Å². The third-order valence-electron chi connectivity index (χ3n) is 12.4. The van der Waals surface area contributed by atoms with Crippen LogP contribution in [0.3, 0.4) is 0 Å². The van der Waals surface area contributed by atoms with Crippen LogP contribution in [0.5, 0.6) is 0 Å². The van der Waals surface area contributed by atoms with Crippen molar-refractivity contribution in [3.05, 3.63) is 0 Å². The normalized spacial score (nSPS) is 37.5. The molecule has 0 aromatic heterocycles. The average molecular weight is 623 g/mol. The molecule has 4 saturated heterocycles. The highest BCUT2D eigenvalue weighted by Crippen LogP contribution is 2.72. The van der Waals surface area contributed by atoms with E-state index in [4.69, 9.17) is 0 Å². The van der Waals surface area contributed by atoms with Gasteiger partial charge in [0.15, 0.2) is 0 Å². The molecule has 0 aromatic rings. The van der Waals surface area contributed by atoms with E-state index in [2.05, 4.69) is 21.3 Å². The minimum Gasteiger partial charge on any atom is -0.481 e. The summed E-state index contributed by atoms with van der Waals surface area (Å²) < 4.78 is 0. The average Bonchev–Trinajstić information content (AvgIpc) is 2.96. The molecule has 0 saturated carbocycles. The first kappa shape index (κ1) is 34.6. The molecule has 0 aromatic carbocycles. The zero-order chi connectivity index (χ0) is 32.4. The fourth-order valence-electron chi connectivity index (χ4n) is 10.9.